The van der Waals surface area contributed by atoms with Gasteiger partial charge in [-0.15, -0.1) is 0 Å². The number of rotatable bonds is 5. The average molecular weight is 495 g/mol. The first-order valence-electron chi connectivity index (χ1n) is 10.4. The number of thiazole rings is 1. The van der Waals surface area contributed by atoms with Gasteiger partial charge in [-0.1, -0.05) is 41.1 Å². The van der Waals surface area contributed by atoms with Crippen LogP contribution in [0.15, 0.2) is 83.3 Å². The first-order valence-corrected chi connectivity index (χ1v) is 11.6. The predicted molar refractivity (Wildman–Crippen MR) is 130 cm³/mol. The molecule has 2 N–H and O–H groups in total. The van der Waals surface area contributed by atoms with E-state index in [1.807, 2.05) is 24.3 Å². The molecule has 1 aliphatic heterocycles. The fourth-order valence-electron chi connectivity index (χ4n) is 4.14. The maximum absolute atomic E-state index is 13.5. The second-order valence-corrected chi connectivity index (χ2v) is 9.29. The molecule has 0 radical (unpaired) electrons. The zero-order valence-corrected chi connectivity index (χ0v) is 19.5. The molecule has 2 unspecified atom stereocenters. The van der Waals surface area contributed by atoms with Crippen LogP contribution in [0.4, 0.5) is 5.13 Å². The average Bonchev–Trinajstić information content (AvgIpc) is 3.38. The number of hydrogen-bond acceptors (Lipinski definition) is 7. The minimum absolute atomic E-state index is 0.0686. The summed E-state index contributed by atoms with van der Waals surface area (Å²) in [5.41, 5.74) is 1.45. The molecule has 34 heavy (non-hydrogen) atoms. The molecule has 2 aliphatic rings. The van der Waals surface area contributed by atoms with Crippen LogP contribution in [0.25, 0.3) is 10.2 Å². The van der Waals surface area contributed by atoms with Gasteiger partial charge in [-0.3, -0.25) is 14.5 Å². The van der Waals surface area contributed by atoms with E-state index in [1.54, 1.807) is 36.4 Å². The quantitative estimate of drug-likeness (QED) is 0.503. The van der Waals surface area contributed by atoms with Gasteiger partial charge in [0, 0.05) is 10.6 Å². The highest BCUT2D eigenvalue weighted by Crippen LogP contribution is 2.41. The Morgan fingerprint density at radius 1 is 1.21 bits per heavy atom. The molecule has 172 valence electrons. The topological polar surface area (TPSA) is 100.0 Å². The summed E-state index contributed by atoms with van der Waals surface area (Å²) >= 11 is 7.26. The second kappa shape index (κ2) is 8.72. The molecule has 3 aromatic rings. The van der Waals surface area contributed by atoms with Gasteiger partial charge in [0.2, 0.25) is 0 Å². The number of ketones is 1. The first kappa shape index (κ1) is 22.3. The Labute approximate surface area is 203 Å². The fourth-order valence-corrected chi connectivity index (χ4v) is 5.26. The minimum atomic E-state index is -0.950. The van der Waals surface area contributed by atoms with E-state index >= 15 is 0 Å². The Bertz CT molecular complexity index is 1370. The molecule has 0 spiro atoms. The van der Waals surface area contributed by atoms with E-state index < -0.39 is 29.6 Å². The van der Waals surface area contributed by atoms with Crippen LogP contribution >= 0.6 is 22.9 Å². The van der Waals surface area contributed by atoms with Gasteiger partial charge in [0.25, 0.3) is 5.91 Å². The minimum Gasteiger partial charge on any atom is -0.503 e. The number of carbonyl (C=O) groups is 2. The van der Waals surface area contributed by atoms with E-state index in [1.165, 1.54) is 23.3 Å². The number of hydrogen-bond donors (Lipinski definition) is 2. The molecule has 0 saturated heterocycles. The van der Waals surface area contributed by atoms with Crippen molar-refractivity contribution in [2.75, 3.05) is 12.0 Å². The number of aromatic nitrogens is 1. The van der Waals surface area contributed by atoms with E-state index in [0.717, 1.165) is 4.70 Å². The number of ether oxygens (including phenoxy) is 1. The summed E-state index contributed by atoms with van der Waals surface area (Å²) in [6.07, 6.45) is 2.73. The van der Waals surface area contributed by atoms with E-state index in [-0.39, 0.29) is 17.6 Å². The van der Waals surface area contributed by atoms with Gasteiger partial charge >= 0.3 is 0 Å². The van der Waals surface area contributed by atoms with Crippen LogP contribution in [0.1, 0.15) is 16.8 Å². The first-order chi connectivity index (χ1) is 16.4. The zero-order valence-electron chi connectivity index (χ0n) is 17.9. The van der Waals surface area contributed by atoms with Crippen molar-refractivity contribution < 1.29 is 24.5 Å². The van der Waals surface area contributed by atoms with Gasteiger partial charge in [0.15, 0.2) is 16.7 Å². The molecule has 0 fully saturated rings. The Morgan fingerprint density at radius 2 is 1.94 bits per heavy atom. The van der Waals surface area contributed by atoms with Crippen LogP contribution in [-0.4, -0.2) is 46.1 Å². The van der Waals surface area contributed by atoms with Crippen molar-refractivity contribution in [2.45, 2.75) is 18.6 Å². The Balaban J connectivity index is 1.66. The Hall–Kier alpha value is -3.46. The van der Waals surface area contributed by atoms with Crippen molar-refractivity contribution in [3.63, 3.8) is 0 Å². The van der Waals surface area contributed by atoms with Crippen LogP contribution < -0.4 is 4.90 Å². The Kier molecular flexibility index (Phi) is 5.73. The molecule has 1 aromatic heterocycles. The normalized spacial score (nSPS) is 20.6. The lowest BCUT2D eigenvalue weighted by atomic mass is 9.89. The number of halogens is 1. The lowest BCUT2D eigenvalue weighted by Gasteiger charge is -2.28. The molecule has 1 amide bonds. The van der Waals surface area contributed by atoms with Gasteiger partial charge in [-0.2, -0.15) is 0 Å². The summed E-state index contributed by atoms with van der Waals surface area (Å²) in [6, 6.07) is 12.7. The summed E-state index contributed by atoms with van der Waals surface area (Å²) in [4.78, 5) is 32.8. The molecular formula is C25H19ClN2O5S. The number of nitrogens with zero attached hydrogens (tertiary/aromatic N) is 2. The van der Waals surface area contributed by atoms with Crippen molar-refractivity contribution in [1.82, 2.24) is 4.98 Å². The van der Waals surface area contributed by atoms with Crippen molar-refractivity contribution in [3.05, 3.63) is 93.9 Å². The van der Waals surface area contributed by atoms with E-state index in [0.29, 0.717) is 27.0 Å². The van der Waals surface area contributed by atoms with Crippen LogP contribution in [0, 0.1) is 0 Å². The standard InChI is InChI=1S/C25H19ClN2O5S/c1-33-18-12-14(8-11-17(18)29)21-20(22(30)13-6-9-15(26)10-7-13)23(31)24(32)28(21)25-27-16-4-2-3-5-19(16)34-25/h2-10,12,17,21,29,31H,11H2,1H3. The maximum Gasteiger partial charge on any atom is 0.296 e. The molecule has 2 aromatic carbocycles. The molecule has 0 saturated carbocycles. The molecule has 7 nitrogen and oxygen atoms in total. The number of anilines is 1. The molecule has 2 heterocycles. The SMILES string of the molecule is COC1=CC(C2C(C(=O)c3ccc(Cl)cc3)=C(O)C(=O)N2c2nc3ccccc3s2)=CCC1O. The van der Waals surface area contributed by atoms with E-state index in [9.17, 15) is 19.8 Å². The molecule has 1 aliphatic carbocycles. The maximum atomic E-state index is 13.5. The summed E-state index contributed by atoms with van der Waals surface area (Å²) in [7, 11) is 1.44. The number of fused-ring (bicyclic) bond motifs is 1. The van der Waals surface area contributed by atoms with Crippen molar-refractivity contribution in [3.8, 4) is 0 Å². The molecule has 0 bridgehead atoms. The zero-order chi connectivity index (χ0) is 24.0. The summed E-state index contributed by atoms with van der Waals surface area (Å²) in [5.74, 6) is -1.56. The third-order valence-corrected chi connectivity index (χ3v) is 7.10. The lowest BCUT2D eigenvalue weighted by molar-refractivity contribution is -0.116. The predicted octanol–water partition coefficient (Wildman–Crippen LogP) is 4.58. The van der Waals surface area contributed by atoms with Crippen molar-refractivity contribution in [2.24, 2.45) is 0 Å². The lowest BCUT2D eigenvalue weighted by Crippen LogP contribution is -2.39. The summed E-state index contributed by atoms with van der Waals surface area (Å²) in [5, 5.41) is 21.9. The van der Waals surface area contributed by atoms with Gasteiger partial charge in [0.05, 0.1) is 28.9 Å². The van der Waals surface area contributed by atoms with Crippen molar-refractivity contribution >= 4 is 50.0 Å². The number of Topliss-reactive ketones (excluding diaryl/α,β-unsaturated/α-hetero) is 1. The molecule has 9 heteroatoms. The number of aliphatic hydroxyl groups excluding tert-OH is 2. The van der Waals surface area contributed by atoms with Crippen LogP contribution in [-0.2, 0) is 9.53 Å². The number of benzene rings is 2. The van der Waals surface area contributed by atoms with Gasteiger partial charge in [-0.25, -0.2) is 4.98 Å². The van der Waals surface area contributed by atoms with Crippen molar-refractivity contribution in [1.29, 1.82) is 0 Å². The van der Waals surface area contributed by atoms with Crippen LogP contribution in [0.3, 0.4) is 0 Å². The third kappa shape index (κ3) is 3.69. The summed E-state index contributed by atoms with van der Waals surface area (Å²) < 4.78 is 6.17. The Morgan fingerprint density at radius 3 is 2.65 bits per heavy atom. The number of carbonyl (C=O) groups excluding carboxylic acids is 2. The molecular weight excluding hydrogens is 476 g/mol. The monoisotopic (exact) mass is 494 g/mol. The smallest absolute Gasteiger partial charge is 0.296 e. The van der Waals surface area contributed by atoms with Gasteiger partial charge in [-0.05, 0) is 54.5 Å². The third-order valence-electron chi connectivity index (χ3n) is 5.81. The fraction of sp³-hybridized carbons (Fsp3) is 0.160. The second-order valence-electron chi connectivity index (χ2n) is 7.85. The molecule has 5 rings (SSSR count). The number of methoxy groups -OCH3 is 1. The molecule has 2 atom stereocenters. The van der Waals surface area contributed by atoms with E-state index in [2.05, 4.69) is 4.98 Å². The summed E-state index contributed by atoms with van der Waals surface area (Å²) in [6.45, 7) is 0. The highest BCUT2D eigenvalue weighted by molar-refractivity contribution is 7.22. The number of para-hydroxylation sites is 1. The van der Waals surface area contributed by atoms with Crippen LogP contribution in [0.5, 0.6) is 0 Å². The largest absolute Gasteiger partial charge is 0.503 e. The highest BCUT2D eigenvalue weighted by atomic mass is 35.5. The van der Waals surface area contributed by atoms with E-state index in [4.69, 9.17) is 16.3 Å². The highest BCUT2D eigenvalue weighted by Gasteiger charge is 2.47. The van der Waals surface area contributed by atoms with Gasteiger partial charge in [0.1, 0.15) is 11.9 Å². The number of aliphatic hydroxyl groups is 2. The van der Waals surface area contributed by atoms with Crippen LogP contribution in [0.2, 0.25) is 5.02 Å². The number of amides is 1. The van der Waals surface area contributed by atoms with Gasteiger partial charge < -0.3 is 14.9 Å².